The maximum absolute atomic E-state index is 9.79. The van der Waals surface area contributed by atoms with Crippen molar-refractivity contribution in [2.75, 3.05) is 13.6 Å². The van der Waals surface area contributed by atoms with Crippen LogP contribution in [0.25, 0.3) is 0 Å². The van der Waals surface area contributed by atoms with Gasteiger partial charge in [-0.25, -0.2) is 4.98 Å². The molecule has 2 N–H and O–H groups in total. The highest BCUT2D eigenvalue weighted by atomic mass is 16.4. The normalized spacial score (nSPS) is 18.9. The first kappa shape index (κ1) is 10.6. The van der Waals surface area contributed by atoms with Gasteiger partial charge in [-0.3, -0.25) is 0 Å². The van der Waals surface area contributed by atoms with Gasteiger partial charge < -0.3 is 14.8 Å². The number of nitrogens with one attached hydrogen (secondary N) is 1. The minimum Gasteiger partial charge on any atom is -0.442 e. The third-order valence-electron chi connectivity index (χ3n) is 3.00. The van der Waals surface area contributed by atoms with Gasteiger partial charge in [0.1, 0.15) is 6.10 Å². The summed E-state index contributed by atoms with van der Waals surface area (Å²) in [6, 6.07) is 0. The summed E-state index contributed by atoms with van der Waals surface area (Å²) < 4.78 is 5.63. The van der Waals surface area contributed by atoms with E-state index in [0.29, 0.717) is 18.2 Å². The molecule has 0 bridgehead atoms. The number of oxazole rings is 1. The lowest BCUT2D eigenvalue weighted by atomic mass is 9.85. The summed E-state index contributed by atoms with van der Waals surface area (Å²) >= 11 is 0. The Bertz CT molecular complexity index is 331. The number of likely N-dealkylation sites (N-methyl/N-ethyl adjacent to an activating group) is 1. The lowest BCUT2D eigenvalue weighted by Crippen LogP contribution is -2.16. The van der Waals surface area contributed by atoms with Crippen molar-refractivity contribution >= 4 is 0 Å². The molecule has 0 aliphatic heterocycles. The minimum absolute atomic E-state index is 0.485. The van der Waals surface area contributed by atoms with Crippen molar-refractivity contribution in [3.05, 3.63) is 17.3 Å². The molecule has 1 saturated carbocycles. The van der Waals surface area contributed by atoms with Gasteiger partial charge >= 0.3 is 0 Å². The average molecular weight is 210 g/mol. The molecule has 0 radical (unpaired) electrons. The van der Waals surface area contributed by atoms with Crippen molar-refractivity contribution in [2.24, 2.45) is 0 Å². The molecule has 1 aliphatic rings. The van der Waals surface area contributed by atoms with Gasteiger partial charge in [-0.15, -0.1) is 0 Å². The number of aromatic nitrogens is 1. The average Bonchev–Trinajstić information content (AvgIpc) is 2.44. The zero-order valence-corrected chi connectivity index (χ0v) is 9.29. The number of hydrogen-bond donors (Lipinski definition) is 2. The van der Waals surface area contributed by atoms with E-state index in [2.05, 4.69) is 10.3 Å². The van der Waals surface area contributed by atoms with Crippen LogP contribution in [0.1, 0.15) is 48.6 Å². The van der Waals surface area contributed by atoms with Crippen LogP contribution in [0.4, 0.5) is 0 Å². The second-order valence-electron chi connectivity index (χ2n) is 4.20. The topological polar surface area (TPSA) is 58.3 Å². The Morgan fingerprint density at radius 2 is 2.33 bits per heavy atom. The third kappa shape index (κ3) is 2.06. The van der Waals surface area contributed by atoms with Crippen LogP contribution in [-0.2, 0) is 0 Å². The number of nitrogens with zero attached hydrogens (tertiary/aromatic N) is 1. The van der Waals surface area contributed by atoms with Crippen molar-refractivity contribution in [2.45, 2.75) is 38.2 Å². The zero-order chi connectivity index (χ0) is 10.8. The number of rotatable bonds is 4. The first-order valence-electron chi connectivity index (χ1n) is 5.52. The van der Waals surface area contributed by atoms with Crippen molar-refractivity contribution in [1.29, 1.82) is 0 Å². The molecule has 0 amide bonds. The fraction of sp³-hybridized carbons (Fsp3) is 0.727. The fourth-order valence-corrected chi connectivity index (χ4v) is 1.85. The van der Waals surface area contributed by atoms with Crippen LogP contribution in [0, 0.1) is 6.92 Å². The molecule has 4 nitrogen and oxygen atoms in total. The lowest BCUT2D eigenvalue weighted by Gasteiger charge is -2.21. The Balaban J connectivity index is 2.13. The first-order valence-corrected chi connectivity index (χ1v) is 5.52. The van der Waals surface area contributed by atoms with E-state index in [0.717, 1.165) is 11.6 Å². The van der Waals surface area contributed by atoms with Gasteiger partial charge in [0, 0.05) is 12.5 Å². The first-order chi connectivity index (χ1) is 7.22. The van der Waals surface area contributed by atoms with Gasteiger partial charge in [0.05, 0.1) is 5.69 Å². The molecule has 0 spiro atoms. The van der Waals surface area contributed by atoms with Crippen molar-refractivity contribution in [3.8, 4) is 0 Å². The number of aliphatic hydroxyl groups excluding tert-OH is 1. The molecule has 1 atom stereocenters. The molecule has 0 saturated heterocycles. The van der Waals surface area contributed by atoms with Gasteiger partial charge in [-0.2, -0.15) is 0 Å². The van der Waals surface area contributed by atoms with Crippen molar-refractivity contribution < 1.29 is 9.52 Å². The summed E-state index contributed by atoms with van der Waals surface area (Å²) in [5.41, 5.74) is 0.819. The zero-order valence-electron chi connectivity index (χ0n) is 9.29. The summed E-state index contributed by atoms with van der Waals surface area (Å²) in [6.45, 7) is 2.39. The van der Waals surface area contributed by atoms with Crippen LogP contribution < -0.4 is 5.32 Å². The summed E-state index contributed by atoms with van der Waals surface area (Å²) in [4.78, 5) is 4.38. The molecule has 4 heteroatoms. The van der Waals surface area contributed by atoms with E-state index in [1.807, 2.05) is 14.0 Å². The van der Waals surface area contributed by atoms with Gasteiger partial charge in [0.15, 0.2) is 11.7 Å². The lowest BCUT2D eigenvalue weighted by molar-refractivity contribution is 0.144. The summed E-state index contributed by atoms with van der Waals surface area (Å²) in [6.07, 6.45) is 3.01. The van der Waals surface area contributed by atoms with Crippen molar-refractivity contribution in [3.63, 3.8) is 0 Å². The molecule has 1 unspecified atom stereocenters. The van der Waals surface area contributed by atoms with Crippen LogP contribution in [0.3, 0.4) is 0 Å². The van der Waals surface area contributed by atoms with E-state index >= 15 is 0 Å². The van der Waals surface area contributed by atoms with E-state index < -0.39 is 6.10 Å². The SMILES string of the molecule is CNCC(O)c1oc(C2CCC2)nc1C. The van der Waals surface area contributed by atoms with Crippen molar-refractivity contribution in [1.82, 2.24) is 10.3 Å². The van der Waals surface area contributed by atoms with Crippen LogP contribution in [0.15, 0.2) is 4.42 Å². The van der Waals surface area contributed by atoms with Crippen LogP contribution in [0.2, 0.25) is 0 Å². The minimum atomic E-state index is -0.587. The highest BCUT2D eigenvalue weighted by Crippen LogP contribution is 2.37. The Morgan fingerprint density at radius 3 is 2.87 bits per heavy atom. The van der Waals surface area contributed by atoms with Gasteiger partial charge in [-0.05, 0) is 26.8 Å². The smallest absolute Gasteiger partial charge is 0.197 e. The van der Waals surface area contributed by atoms with E-state index in [1.54, 1.807) is 0 Å². The van der Waals surface area contributed by atoms with E-state index in [-0.39, 0.29) is 0 Å². The molecule has 1 aromatic rings. The molecule has 1 heterocycles. The molecular formula is C11H18N2O2. The van der Waals surface area contributed by atoms with E-state index in [4.69, 9.17) is 4.42 Å². The van der Waals surface area contributed by atoms with Gasteiger partial charge in [0.2, 0.25) is 0 Å². The molecule has 15 heavy (non-hydrogen) atoms. The summed E-state index contributed by atoms with van der Waals surface area (Å²) in [7, 11) is 1.81. The predicted octanol–water partition coefficient (Wildman–Crippen LogP) is 1.50. The molecule has 2 rings (SSSR count). The maximum Gasteiger partial charge on any atom is 0.197 e. The largest absolute Gasteiger partial charge is 0.442 e. The van der Waals surface area contributed by atoms with Crippen LogP contribution >= 0.6 is 0 Å². The van der Waals surface area contributed by atoms with E-state index in [1.165, 1.54) is 19.3 Å². The molecule has 1 aromatic heterocycles. The van der Waals surface area contributed by atoms with Gasteiger partial charge in [0.25, 0.3) is 0 Å². The summed E-state index contributed by atoms with van der Waals surface area (Å²) in [5, 5.41) is 12.7. The Kier molecular flexibility index (Phi) is 3.07. The summed E-state index contributed by atoms with van der Waals surface area (Å²) in [5.74, 6) is 1.91. The highest BCUT2D eigenvalue weighted by molar-refractivity contribution is 5.13. The number of hydrogen-bond acceptors (Lipinski definition) is 4. The van der Waals surface area contributed by atoms with Crippen LogP contribution in [0.5, 0.6) is 0 Å². The number of aryl methyl sites for hydroxylation is 1. The maximum atomic E-state index is 9.79. The van der Waals surface area contributed by atoms with E-state index in [9.17, 15) is 5.11 Å². The fourth-order valence-electron chi connectivity index (χ4n) is 1.85. The predicted molar refractivity (Wildman–Crippen MR) is 56.7 cm³/mol. The Morgan fingerprint density at radius 1 is 1.60 bits per heavy atom. The number of aliphatic hydroxyl groups is 1. The molecule has 0 aromatic carbocycles. The Labute approximate surface area is 89.7 Å². The molecule has 84 valence electrons. The quantitative estimate of drug-likeness (QED) is 0.790. The second-order valence-corrected chi connectivity index (χ2v) is 4.20. The van der Waals surface area contributed by atoms with Crippen LogP contribution in [-0.4, -0.2) is 23.7 Å². The monoisotopic (exact) mass is 210 g/mol. The van der Waals surface area contributed by atoms with Gasteiger partial charge in [-0.1, -0.05) is 6.42 Å². The second kappa shape index (κ2) is 4.33. The third-order valence-corrected chi connectivity index (χ3v) is 3.00. The standard InChI is InChI=1S/C11H18N2O2/c1-7-10(9(14)6-12-2)15-11(13-7)8-4-3-5-8/h8-9,12,14H,3-6H2,1-2H3. The molecule has 1 aliphatic carbocycles. The molecule has 1 fully saturated rings. The Hall–Kier alpha value is -0.870. The highest BCUT2D eigenvalue weighted by Gasteiger charge is 2.27. The molecular weight excluding hydrogens is 192 g/mol.